The minimum absolute atomic E-state index is 0.0182. The molecule has 0 spiro atoms. The fraction of sp³-hybridized carbons (Fsp3) is 0.417. The minimum Gasteiger partial charge on any atom is -0.396 e. The van der Waals surface area contributed by atoms with E-state index in [0.717, 1.165) is 6.42 Å². The van der Waals surface area contributed by atoms with Crippen molar-refractivity contribution in [3.05, 3.63) is 33.3 Å². The van der Waals surface area contributed by atoms with Crippen molar-refractivity contribution in [3.63, 3.8) is 0 Å². The van der Waals surface area contributed by atoms with Crippen LogP contribution >= 0.6 is 27.5 Å². The summed E-state index contributed by atoms with van der Waals surface area (Å²) in [6, 6.07) is 5.25. The van der Waals surface area contributed by atoms with Crippen LogP contribution < -0.4 is 5.32 Å². The number of aliphatic hydroxyl groups excluding tert-OH is 1. The van der Waals surface area contributed by atoms with Gasteiger partial charge in [-0.1, -0.05) is 17.7 Å². The molecule has 1 amide bonds. The number of nitrogens with one attached hydrogen (secondary N) is 1. The molecule has 1 rings (SSSR count). The second kappa shape index (κ2) is 6.99. The molecule has 0 bridgehead atoms. The van der Waals surface area contributed by atoms with Gasteiger partial charge in [-0.3, -0.25) is 4.79 Å². The number of aliphatic hydroxyl groups is 1. The van der Waals surface area contributed by atoms with Crippen molar-refractivity contribution in [2.45, 2.75) is 25.8 Å². The molecule has 0 aromatic heterocycles. The zero-order valence-corrected chi connectivity index (χ0v) is 11.9. The molecule has 0 radical (unpaired) electrons. The molecule has 1 atom stereocenters. The van der Waals surface area contributed by atoms with Gasteiger partial charge in [0.25, 0.3) is 5.91 Å². The molecule has 0 saturated carbocycles. The van der Waals surface area contributed by atoms with Gasteiger partial charge in [-0.2, -0.15) is 0 Å². The Morgan fingerprint density at radius 2 is 2.29 bits per heavy atom. The third-order valence-corrected chi connectivity index (χ3v) is 3.67. The Morgan fingerprint density at radius 3 is 2.94 bits per heavy atom. The predicted molar refractivity (Wildman–Crippen MR) is 72.4 cm³/mol. The first kappa shape index (κ1) is 14.5. The van der Waals surface area contributed by atoms with Crippen LogP contribution in [0.2, 0.25) is 5.02 Å². The van der Waals surface area contributed by atoms with Crippen LogP contribution in [0.5, 0.6) is 0 Å². The van der Waals surface area contributed by atoms with Crippen molar-refractivity contribution in [2.75, 3.05) is 6.61 Å². The third-order valence-electron chi connectivity index (χ3n) is 2.37. The molecule has 0 aliphatic carbocycles. The van der Waals surface area contributed by atoms with Gasteiger partial charge < -0.3 is 10.4 Å². The van der Waals surface area contributed by atoms with Crippen LogP contribution in [0.15, 0.2) is 22.7 Å². The summed E-state index contributed by atoms with van der Waals surface area (Å²) in [5, 5.41) is 12.0. The van der Waals surface area contributed by atoms with Crippen molar-refractivity contribution in [1.82, 2.24) is 5.32 Å². The number of carbonyl (C=O) groups is 1. The highest BCUT2D eigenvalue weighted by Crippen LogP contribution is 2.25. The van der Waals surface area contributed by atoms with E-state index >= 15 is 0 Å². The Balaban J connectivity index is 2.67. The summed E-state index contributed by atoms with van der Waals surface area (Å²) in [6.07, 6.45) is 1.42. The van der Waals surface area contributed by atoms with Crippen LogP contribution in [-0.4, -0.2) is 23.7 Å². The van der Waals surface area contributed by atoms with E-state index < -0.39 is 0 Å². The number of hydrogen-bond donors (Lipinski definition) is 2. The number of hydrogen-bond acceptors (Lipinski definition) is 2. The first-order valence-corrected chi connectivity index (χ1v) is 6.59. The third kappa shape index (κ3) is 4.30. The van der Waals surface area contributed by atoms with Gasteiger partial charge in [0.05, 0.1) is 10.6 Å². The van der Waals surface area contributed by atoms with Crippen LogP contribution in [0.3, 0.4) is 0 Å². The lowest BCUT2D eigenvalue weighted by molar-refractivity contribution is 0.0936. The zero-order chi connectivity index (χ0) is 12.8. The lowest BCUT2D eigenvalue weighted by Crippen LogP contribution is -2.32. The summed E-state index contributed by atoms with van der Waals surface area (Å²) >= 11 is 9.31. The summed E-state index contributed by atoms with van der Waals surface area (Å²) in [4.78, 5) is 11.9. The van der Waals surface area contributed by atoms with E-state index in [4.69, 9.17) is 16.7 Å². The summed E-state index contributed by atoms with van der Waals surface area (Å²) in [7, 11) is 0. The second-order valence-corrected chi connectivity index (χ2v) is 5.07. The van der Waals surface area contributed by atoms with Gasteiger partial charge in [0.2, 0.25) is 0 Å². The molecule has 0 fully saturated rings. The largest absolute Gasteiger partial charge is 0.396 e. The van der Waals surface area contributed by atoms with Gasteiger partial charge in [-0.15, -0.1) is 0 Å². The monoisotopic (exact) mass is 319 g/mol. The fourth-order valence-corrected chi connectivity index (χ4v) is 2.03. The molecule has 0 aliphatic rings. The predicted octanol–water partition coefficient (Wildman–Crippen LogP) is 2.99. The highest BCUT2D eigenvalue weighted by molar-refractivity contribution is 9.10. The molecule has 1 aromatic carbocycles. The number of carbonyl (C=O) groups excluding carboxylic acids is 1. The number of halogens is 2. The van der Waals surface area contributed by atoms with E-state index in [1.165, 1.54) is 0 Å². The van der Waals surface area contributed by atoms with Gasteiger partial charge in [0.1, 0.15) is 0 Å². The molecule has 1 unspecified atom stereocenters. The molecule has 2 N–H and O–H groups in total. The highest BCUT2D eigenvalue weighted by Gasteiger charge is 2.14. The molecule has 5 heteroatoms. The molecule has 0 saturated heterocycles. The Kier molecular flexibility index (Phi) is 5.95. The molecule has 0 heterocycles. The van der Waals surface area contributed by atoms with Crippen molar-refractivity contribution < 1.29 is 9.90 Å². The number of amides is 1. The van der Waals surface area contributed by atoms with Crippen molar-refractivity contribution >= 4 is 33.4 Å². The smallest absolute Gasteiger partial charge is 0.253 e. The molecule has 1 aromatic rings. The maximum atomic E-state index is 11.9. The Morgan fingerprint density at radius 1 is 1.59 bits per heavy atom. The SMILES string of the molecule is CC(CCCO)NC(=O)c1cccc(Br)c1Cl. The van der Waals surface area contributed by atoms with Gasteiger partial charge in [0, 0.05) is 17.1 Å². The Hall–Kier alpha value is -0.580. The highest BCUT2D eigenvalue weighted by atomic mass is 79.9. The van der Waals surface area contributed by atoms with Gasteiger partial charge in [0.15, 0.2) is 0 Å². The topological polar surface area (TPSA) is 49.3 Å². The molecule has 0 aliphatic heterocycles. The first-order valence-electron chi connectivity index (χ1n) is 5.42. The molecule has 94 valence electrons. The van der Waals surface area contributed by atoms with Crippen LogP contribution in [0.4, 0.5) is 0 Å². The summed E-state index contributed by atoms with van der Waals surface area (Å²) in [6.45, 7) is 2.04. The average Bonchev–Trinajstić information content (AvgIpc) is 2.29. The van der Waals surface area contributed by atoms with Gasteiger partial charge in [-0.05, 0) is 47.8 Å². The average molecular weight is 321 g/mol. The van der Waals surface area contributed by atoms with E-state index in [1.807, 2.05) is 6.92 Å². The van der Waals surface area contributed by atoms with Gasteiger partial charge in [-0.25, -0.2) is 0 Å². The van der Waals surface area contributed by atoms with E-state index in [0.29, 0.717) is 21.5 Å². The van der Waals surface area contributed by atoms with E-state index in [2.05, 4.69) is 21.2 Å². The second-order valence-electron chi connectivity index (χ2n) is 3.84. The summed E-state index contributed by atoms with van der Waals surface area (Å²) in [5.41, 5.74) is 0.455. The molecule has 17 heavy (non-hydrogen) atoms. The van der Waals surface area contributed by atoms with Crippen LogP contribution in [0, 0.1) is 0 Å². The zero-order valence-electron chi connectivity index (χ0n) is 9.54. The van der Waals surface area contributed by atoms with E-state index in [-0.39, 0.29) is 18.6 Å². The van der Waals surface area contributed by atoms with Crippen molar-refractivity contribution in [2.24, 2.45) is 0 Å². The molecule has 3 nitrogen and oxygen atoms in total. The Labute approximate surface area is 114 Å². The van der Waals surface area contributed by atoms with Crippen molar-refractivity contribution in [1.29, 1.82) is 0 Å². The minimum atomic E-state index is -0.193. The lowest BCUT2D eigenvalue weighted by Gasteiger charge is -2.14. The summed E-state index contributed by atoms with van der Waals surface area (Å²) in [5.74, 6) is -0.193. The number of rotatable bonds is 5. The quantitative estimate of drug-likeness (QED) is 0.876. The molecular formula is C12H15BrClNO2. The number of benzene rings is 1. The maximum Gasteiger partial charge on any atom is 0.253 e. The van der Waals surface area contributed by atoms with E-state index in [9.17, 15) is 4.79 Å². The fourth-order valence-electron chi connectivity index (χ4n) is 1.45. The van der Waals surface area contributed by atoms with Crippen LogP contribution in [0.1, 0.15) is 30.1 Å². The molecular weight excluding hydrogens is 305 g/mol. The lowest BCUT2D eigenvalue weighted by atomic mass is 10.1. The van der Waals surface area contributed by atoms with Crippen molar-refractivity contribution in [3.8, 4) is 0 Å². The maximum absolute atomic E-state index is 11.9. The van der Waals surface area contributed by atoms with Crippen LogP contribution in [0.25, 0.3) is 0 Å². The Bertz CT molecular complexity index is 398. The van der Waals surface area contributed by atoms with Crippen LogP contribution in [-0.2, 0) is 0 Å². The normalized spacial score (nSPS) is 12.2. The summed E-state index contributed by atoms with van der Waals surface area (Å²) < 4.78 is 0.704. The van der Waals surface area contributed by atoms with Gasteiger partial charge >= 0.3 is 0 Å². The first-order chi connectivity index (χ1) is 8.06. The van der Waals surface area contributed by atoms with E-state index in [1.54, 1.807) is 18.2 Å². The standard InChI is InChI=1S/C12H15BrClNO2/c1-8(4-3-7-16)15-12(17)9-5-2-6-10(13)11(9)14/h2,5-6,8,16H,3-4,7H2,1H3,(H,15,17).